The van der Waals surface area contributed by atoms with Gasteiger partial charge in [-0.2, -0.15) is 4.98 Å². The molecule has 0 amide bonds. The van der Waals surface area contributed by atoms with Gasteiger partial charge in [0, 0.05) is 6.20 Å². The monoisotopic (exact) mass is 243 g/mol. The van der Waals surface area contributed by atoms with Crippen molar-refractivity contribution < 1.29 is 20.1 Å². The highest BCUT2D eigenvalue weighted by Gasteiger charge is 2.43. The van der Waals surface area contributed by atoms with Crippen molar-refractivity contribution in [2.24, 2.45) is 0 Å². The Kier molecular flexibility index (Phi) is 3.11. The second-order valence-electron chi connectivity index (χ2n) is 3.77. The number of rotatable bonds is 2. The number of nitrogens with two attached hydrogens (primary N) is 1. The van der Waals surface area contributed by atoms with Gasteiger partial charge >= 0.3 is 5.69 Å². The third kappa shape index (κ3) is 2.03. The molecule has 8 heteroatoms. The molecule has 1 aliphatic heterocycles. The number of aliphatic hydroxyl groups is 3. The van der Waals surface area contributed by atoms with E-state index in [1.54, 1.807) is 0 Å². The lowest BCUT2D eigenvalue weighted by Crippen LogP contribution is -2.36. The van der Waals surface area contributed by atoms with Gasteiger partial charge in [0.25, 0.3) is 0 Å². The molecule has 17 heavy (non-hydrogen) atoms. The van der Waals surface area contributed by atoms with Gasteiger partial charge in [-0.05, 0) is 6.07 Å². The maximum absolute atomic E-state index is 11.5. The quantitative estimate of drug-likeness (QED) is 0.449. The summed E-state index contributed by atoms with van der Waals surface area (Å²) in [6, 6.07) is 1.37. The fourth-order valence-corrected chi connectivity index (χ4v) is 1.73. The summed E-state index contributed by atoms with van der Waals surface area (Å²) in [5.74, 6) is 0.0537. The third-order valence-electron chi connectivity index (χ3n) is 2.64. The Morgan fingerprint density at radius 1 is 1.47 bits per heavy atom. The number of nitrogen functional groups attached to an aromatic ring is 1. The van der Waals surface area contributed by atoms with Crippen LogP contribution in [-0.4, -0.2) is 49.8 Å². The predicted octanol–water partition coefficient (Wildman–Crippen LogP) is -2.56. The lowest BCUT2D eigenvalue weighted by atomic mass is 10.1. The molecule has 1 saturated heterocycles. The normalized spacial score (nSPS) is 32.9. The molecule has 0 bridgehead atoms. The average Bonchev–Trinajstić information content (AvgIpc) is 2.57. The fraction of sp³-hybridized carbons (Fsp3) is 0.556. The summed E-state index contributed by atoms with van der Waals surface area (Å²) in [6.07, 6.45) is -3.27. The van der Waals surface area contributed by atoms with Crippen LogP contribution in [0.5, 0.6) is 0 Å². The minimum absolute atomic E-state index is 0.0537. The van der Waals surface area contributed by atoms with Crippen LogP contribution >= 0.6 is 0 Å². The average molecular weight is 243 g/mol. The highest BCUT2D eigenvalue weighted by atomic mass is 16.6. The van der Waals surface area contributed by atoms with Crippen molar-refractivity contribution in [3.8, 4) is 0 Å². The topological polar surface area (TPSA) is 131 Å². The fourth-order valence-electron chi connectivity index (χ4n) is 1.73. The van der Waals surface area contributed by atoms with E-state index in [2.05, 4.69) is 4.98 Å². The first-order chi connectivity index (χ1) is 8.04. The molecule has 0 radical (unpaired) electrons. The smallest absolute Gasteiger partial charge is 0.351 e. The van der Waals surface area contributed by atoms with Crippen LogP contribution in [0.2, 0.25) is 0 Å². The summed E-state index contributed by atoms with van der Waals surface area (Å²) in [5, 5.41) is 28.2. The summed E-state index contributed by atoms with van der Waals surface area (Å²) < 4.78 is 6.19. The Labute approximate surface area is 95.9 Å². The SMILES string of the molecule is Nc1ccn(C2O[C@H](CO)[C@@H](O)[C@@H]2O)c(=O)n1. The molecule has 94 valence electrons. The van der Waals surface area contributed by atoms with Crippen LogP contribution in [0.4, 0.5) is 5.82 Å². The molecule has 2 heterocycles. The van der Waals surface area contributed by atoms with Crippen molar-refractivity contribution in [2.75, 3.05) is 12.3 Å². The van der Waals surface area contributed by atoms with Gasteiger partial charge in [-0.15, -0.1) is 0 Å². The highest BCUT2D eigenvalue weighted by molar-refractivity contribution is 5.23. The second kappa shape index (κ2) is 4.41. The molecule has 0 spiro atoms. The first-order valence-electron chi connectivity index (χ1n) is 5.01. The van der Waals surface area contributed by atoms with Gasteiger partial charge in [0.1, 0.15) is 24.1 Å². The van der Waals surface area contributed by atoms with E-state index in [1.807, 2.05) is 0 Å². The van der Waals surface area contributed by atoms with Gasteiger partial charge in [0.05, 0.1) is 6.61 Å². The molecule has 1 aliphatic rings. The Hall–Kier alpha value is -1.48. The van der Waals surface area contributed by atoms with Gasteiger partial charge in [-0.25, -0.2) is 4.79 Å². The first-order valence-corrected chi connectivity index (χ1v) is 5.01. The molecule has 1 aromatic heterocycles. The van der Waals surface area contributed by atoms with Crippen molar-refractivity contribution in [1.29, 1.82) is 0 Å². The molecule has 2 rings (SSSR count). The van der Waals surface area contributed by atoms with Crippen LogP contribution < -0.4 is 11.4 Å². The molecule has 0 aromatic carbocycles. The highest BCUT2D eigenvalue weighted by Crippen LogP contribution is 2.27. The molecule has 8 nitrogen and oxygen atoms in total. The molecule has 1 unspecified atom stereocenters. The van der Waals surface area contributed by atoms with Crippen LogP contribution in [0.3, 0.4) is 0 Å². The number of aliphatic hydroxyl groups excluding tert-OH is 3. The van der Waals surface area contributed by atoms with Crippen LogP contribution in [-0.2, 0) is 4.74 Å². The van der Waals surface area contributed by atoms with E-state index in [1.165, 1.54) is 12.3 Å². The Bertz CT molecular complexity index is 462. The lowest BCUT2D eigenvalue weighted by Gasteiger charge is -2.16. The summed E-state index contributed by atoms with van der Waals surface area (Å²) in [6.45, 7) is -0.453. The Balaban J connectivity index is 2.32. The van der Waals surface area contributed by atoms with Crippen molar-refractivity contribution >= 4 is 5.82 Å². The Morgan fingerprint density at radius 3 is 2.71 bits per heavy atom. The number of ether oxygens (including phenoxy) is 1. The van der Waals surface area contributed by atoms with Gasteiger partial charge in [0.2, 0.25) is 0 Å². The summed E-state index contributed by atoms with van der Waals surface area (Å²) >= 11 is 0. The van der Waals surface area contributed by atoms with Crippen molar-refractivity contribution in [3.05, 3.63) is 22.7 Å². The third-order valence-corrected chi connectivity index (χ3v) is 2.64. The molecule has 1 fully saturated rings. The van der Waals surface area contributed by atoms with Gasteiger partial charge in [0.15, 0.2) is 6.23 Å². The zero-order valence-corrected chi connectivity index (χ0v) is 8.80. The standard InChI is InChI=1S/C9H13N3O5/c10-5-1-2-12(9(16)11-5)8-7(15)6(14)4(3-13)17-8/h1-2,4,6-8,13-15H,3H2,(H2,10,11,16)/t4-,6-,7+,8?/m1/s1. The van der Waals surface area contributed by atoms with Gasteiger partial charge in [-0.1, -0.05) is 0 Å². The minimum atomic E-state index is -1.31. The minimum Gasteiger partial charge on any atom is -0.394 e. The van der Waals surface area contributed by atoms with E-state index < -0.39 is 36.8 Å². The predicted molar refractivity (Wildman–Crippen MR) is 55.9 cm³/mol. The van der Waals surface area contributed by atoms with Crippen molar-refractivity contribution in [3.63, 3.8) is 0 Å². The molecule has 5 N–H and O–H groups in total. The van der Waals surface area contributed by atoms with Crippen molar-refractivity contribution in [2.45, 2.75) is 24.5 Å². The molecule has 0 aliphatic carbocycles. The van der Waals surface area contributed by atoms with Crippen LogP contribution in [0.25, 0.3) is 0 Å². The van der Waals surface area contributed by atoms with Gasteiger partial charge < -0.3 is 25.8 Å². The summed E-state index contributed by atoms with van der Waals surface area (Å²) in [5.41, 5.74) is 4.63. The number of nitrogens with zero attached hydrogens (tertiary/aromatic N) is 2. The number of anilines is 1. The molecular weight excluding hydrogens is 230 g/mol. The number of hydrogen-bond donors (Lipinski definition) is 4. The maximum atomic E-state index is 11.5. The number of hydrogen-bond acceptors (Lipinski definition) is 7. The van der Waals surface area contributed by atoms with Crippen molar-refractivity contribution in [1.82, 2.24) is 9.55 Å². The van der Waals surface area contributed by atoms with E-state index in [0.29, 0.717) is 0 Å². The zero-order valence-electron chi connectivity index (χ0n) is 8.80. The maximum Gasteiger partial charge on any atom is 0.351 e. The summed E-state index contributed by atoms with van der Waals surface area (Å²) in [7, 11) is 0. The van der Waals surface area contributed by atoms with Crippen LogP contribution in [0, 0.1) is 0 Å². The molecular formula is C9H13N3O5. The lowest BCUT2D eigenvalue weighted by molar-refractivity contribution is -0.0549. The van der Waals surface area contributed by atoms with Crippen LogP contribution in [0.1, 0.15) is 6.23 Å². The first kappa shape index (κ1) is 12.0. The van der Waals surface area contributed by atoms with E-state index >= 15 is 0 Å². The number of aromatic nitrogens is 2. The van der Waals surface area contributed by atoms with Crippen LogP contribution in [0.15, 0.2) is 17.1 Å². The molecule has 0 saturated carbocycles. The van der Waals surface area contributed by atoms with E-state index in [-0.39, 0.29) is 5.82 Å². The van der Waals surface area contributed by atoms with Gasteiger partial charge in [-0.3, -0.25) is 4.57 Å². The zero-order chi connectivity index (χ0) is 12.6. The second-order valence-corrected chi connectivity index (χ2v) is 3.77. The summed E-state index contributed by atoms with van der Waals surface area (Å²) in [4.78, 5) is 15.0. The largest absolute Gasteiger partial charge is 0.394 e. The van der Waals surface area contributed by atoms with E-state index in [4.69, 9.17) is 15.6 Å². The molecule has 4 atom stereocenters. The van der Waals surface area contributed by atoms with E-state index in [0.717, 1.165) is 4.57 Å². The molecule has 1 aromatic rings. The van der Waals surface area contributed by atoms with E-state index in [9.17, 15) is 15.0 Å². The Morgan fingerprint density at radius 2 is 2.18 bits per heavy atom.